The van der Waals surface area contributed by atoms with Gasteiger partial charge in [0.1, 0.15) is 5.75 Å². The van der Waals surface area contributed by atoms with Crippen LogP contribution in [0.25, 0.3) is 0 Å². The molecule has 0 bridgehead atoms. The number of carbonyl (C=O) groups excluding carboxylic acids is 1. The van der Waals surface area contributed by atoms with Crippen LogP contribution in [-0.4, -0.2) is 17.6 Å². The number of hydrogen-bond donors (Lipinski definition) is 2. The van der Waals surface area contributed by atoms with Crippen LogP contribution in [-0.2, 0) is 4.79 Å². The number of halogens is 2. The third kappa shape index (κ3) is 6.47. The third-order valence-electron chi connectivity index (χ3n) is 3.01. The van der Waals surface area contributed by atoms with E-state index in [-0.39, 0.29) is 11.0 Å². The van der Waals surface area contributed by atoms with E-state index < -0.39 is 0 Å². The van der Waals surface area contributed by atoms with Crippen LogP contribution in [0.1, 0.15) is 12.8 Å². The number of nitrogens with one attached hydrogen (secondary N) is 2. The molecule has 0 saturated heterocycles. The van der Waals surface area contributed by atoms with Crippen LogP contribution in [0.4, 0.5) is 5.69 Å². The number of amides is 1. The summed E-state index contributed by atoms with van der Waals surface area (Å²) in [5.41, 5.74) is 0.800. The number of carbonyl (C=O) groups is 1. The average Bonchev–Trinajstić information content (AvgIpc) is 2.55. The topological polar surface area (TPSA) is 50.4 Å². The standard InChI is InChI=1S/C17H16BrClN2O2S/c18-14-4-1-2-5-15(14)20-17(24)21-16(22)6-3-11-23-13-9-7-12(19)8-10-13/h1-2,4-5,7-10H,3,6,11H2,(H2,20,21,22,24). The van der Waals surface area contributed by atoms with Crippen LogP contribution in [0.2, 0.25) is 5.02 Å². The Bertz CT molecular complexity index is 710. The number of hydrogen-bond acceptors (Lipinski definition) is 3. The van der Waals surface area contributed by atoms with Crippen molar-refractivity contribution in [1.29, 1.82) is 0 Å². The molecule has 0 heterocycles. The lowest BCUT2D eigenvalue weighted by Gasteiger charge is -2.11. The molecule has 0 radical (unpaired) electrons. The molecular weight excluding hydrogens is 412 g/mol. The van der Waals surface area contributed by atoms with E-state index in [2.05, 4.69) is 26.6 Å². The molecule has 0 aliphatic rings. The van der Waals surface area contributed by atoms with Gasteiger partial charge in [0.25, 0.3) is 0 Å². The van der Waals surface area contributed by atoms with Gasteiger partial charge in [-0.25, -0.2) is 0 Å². The molecule has 2 aromatic carbocycles. The molecule has 0 atom stereocenters. The summed E-state index contributed by atoms with van der Waals surface area (Å²) in [4.78, 5) is 11.9. The molecular formula is C17H16BrClN2O2S. The van der Waals surface area contributed by atoms with E-state index in [1.165, 1.54) is 0 Å². The fourth-order valence-electron chi connectivity index (χ4n) is 1.86. The Morgan fingerprint density at radius 1 is 1.17 bits per heavy atom. The third-order valence-corrected chi connectivity index (χ3v) is 4.15. The number of thiocarbonyl (C=S) groups is 1. The minimum absolute atomic E-state index is 0.153. The van der Waals surface area contributed by atoms with E-state index >= 15 is 0 Å². The molecule has 0 saturated carbocycles. The van der Waals surface area contributed by atoms with Crippen LogP contribution in [0.5, 0.6) is 5.75 Å². The minimum Gasteiger partial charge on any atom is -0.494 e. The maximum Gasteiger partial charge on any atom is 0.226 e. The lowest BCUT2D eigenvalue weighted by Crippen LogP contribution is -2.34. The van der Waals surface area contributed by atoms with E-state index in [1.54, 1.807) is 24.3 Å². The van der Waals surface area contributed by atoms with Crippen molar-refractivity contribution < 1.29 is 9.53 Å². The lowest BCUT2D eigenvalue weighted by molar-refractivity contribution is -0.119. The van der Waals surface area contributed by atoms with Gasteiger partial charge in [0.2, 0.25) is 5.91 Å². The van der Waals surface area contributed by atoms with E-state index in [0.29, 0.717) is 24.5 Å². The molecule has 2 rings (SSSR count). The van der Waals surface area contributed by atoms with Gasteiger partial charge in [0.15, 0.2) is 5.11 Å². The highest BCUT2D eigenvalue weighted by Crippen LogP contribution is 2.21. The number of rotatable bonds is 6. The zero-order valence-corrected chi connectivity index (χ0v) is 15.9. The molecule has 7 heteroatoms. The van der Waals surface area contributed by atoms with Gasteiger partial charge in [0.05, 0.1) is 12.3 Å². The molecule has 2 N–H and O–H groups in total. The normalized spacial score (nSPS) is 10.1. The molecule has 0 unspecified atom stereocenters. The van der Waals surface area contributed by atoms with Crippen LogP contribution in [0.3, 0.4) is 0 Å². The van der Waals surface area contributed by atoms with Crippen LogP contribution in [0.15, 0.2) is 53.0 Å². The van der Waals surface area contributed by atoms with Crippen molar-refractivity contribution in [2.24, 2.45) is 0 Å². The van der Waals surface area contributed by atoms with Crippen LogP contribution < -0.4 is 15.4 Å². The average molecular weight is 428 g/mol. The van der Waals surface area contributed by atoms with E-state index in [4.69, 9.17) is 28.6 Å². The first kappa shape index (κ1) is 18.7. The molecule has 0 fully saturated rings. The Morgan fingerprint density at radius 2 is 1.88 bits per heavy atom. The Kier molecular flexibility index (Phi) is 7.49. The van der Waals surface area contributed by atoms with Crippen molar-refractivity contribution in [1.82, 2.24) is 5.32 Å². The molecule has 24 heavy (non-hydrogen) atoms. The van der Waals surface area contributed by atoms with Crippen molar-refractivity contribution in [3.05, 3.63) is 58.0 Å². The summed E-state index contributed by atoms with van der Waals surface area (Å²) < 4.78 is 6.41. The van der Waals surface area contributed by atoms with Gasteiger partial charge in [0, 0.05) is 15.9 Å². The van der Waals surface area contributed by atoms with Gasteiger partial charge in [-0.2, -0.15) is 0 Å². The van der Waals surface area contributed by atoms with Crippen molar-refractivity contribution in [3.8, 4) is 5.75 Å². The highest BCUT2D eigenvalue weighted by Gasteiger charge is 2.06. The minimum atomic E-state index is -0.153. The molecule has 0 spiro atoms. The highest BCUT2D eigenvalue weighted by atomic mass is 79.9. The molecule has 0 aromatic heterocycles. The van der Waals surface area contributed by atoms with E-state index in [0.717, 1.165) is 15.9 Å². The molecule has 126 valence electrons. The van der Waals surface area contributed by atoms with Crippen molar-refractivity contribution in [2.75, 3.05) is 11.9 Å². The van der Waals surface area contributed by atoms with E-state index in [9.17, 15) is 4.79 Å². The highest BCUT2D eigenvalue weighted by molar-refractivity contribution is 9.10. The first-order valence-electron chi connectivity index (χ1n) is 7.28. The van der Waals surface area contributed by atoms with Gasteiger partial charge in [-0.15, -0.1) is 0 Å². The fraction of sp³-hybridized carbons (Fsp3) is 0.176. The SMILES string of the molecule is O=C(CCCOc1ccc(Cl)cc1)NC(=S)Nc1ccccc1Br. The number of anilines is 1. The Hall–Kier alpha value is -1.63. The largest absolute Gasteiger partial charge is 0.494 e. The predicted molar refractivity (Wildman–Crippen MR) is 105 cm³/mol. The summed E-state index contributed by atoms with van der Waals surface area (Å²) in [5, 5.41) is 6.55. The van der Waals surface area contributed by atoms with Crippen molar-refractivity contribution in [2.45, 2.75) is 12.8 Å². The second-order valence-corrected chi connectivity index (χ2v) is 6.59. The Balaban J connectivity index is 1.66. The van der Waals surface area contributed by atoms with Crippen LogP contribution in [0, 0.1) is 0 Å². The maximum atomic E-state index is 11.9. The zero-order chi connectivity index (χ0) is 17.4. The Morgan fingerprint density at radius 3 is 2.58 bits per heavy atom. The lowest BCUT2D eigenvalue weighted by atomic mass is 10.3. The van der Waals surface area contributed by atoms with Crippen molar-refractivity contribution >= 4 is 56.5 Å². The number of ether oxygens (including phenoxy) is 1. The summed E-state index contributed by atoms with van der Waals surface area (Å²) in [5.74, 6) is 0.574. The zero-order valence-electron chi connectivity index (χ0n) is 12.7. The van der Waals surface area contributed by atoms with Gasteiger partial charge in [-0.1, -0.05) is 23.7 Å². The van der Waals surface area contributed by atoms with Gasteiger partial charge in [-0.05, 0) is 71.0 Å². The van der Waals surface area contributed by atoms with E-state index in [1.807, 2.05) is 24.3 Å². The molecule has 0 aliphatic carbocycles. The monoisotopic (exact) mass is 426 g/mol. The second-order valence-electron chi connectivity index (χ2n) is 4.89. The van der Waals surface area contributed by atoms with Gasteiger partial charge in [-0.3, -0.25) is 4.79 Å². The fourth-order valence-corrected chi connectivity index (χ4v) is 2.59. The molecule has 4 nitrogen and oxygen atoms in total. The van der Waals surface area contributed by atoms with Gasteiger partial charge >= 0.3 is 0 Å². The van der Waals surface area contributed by atoms with Crippen LogP contribution >= 0.6 is 39.7 Å². The number of benzene rings is 2. The predicted octanol–water partition coefficient (Wildman–Crippen LogP) is 4.77. The summed E-state index contributed by atoms with van der Waals surface area (Å²) >= 11 is 14.3. The first-order chi connectivity index (χ1) is 11.5. The summed E-state index contributed by atoms with van der Waals surface area (Å²) in [7, 11) is 0. The number of para-hydroxylation sites is 1. The smallest absolute Gasteiger partial charge is 0.226 e. The maximum absolute atomic E-state index is 11.9. The van der Waals surface area contributed by atoms with Crippen molar-refractivity contribution in [3.63, 3.8) is 0 Å². The summed E-state index contributed by atoms with van der Waals surface area (Å²) in [6.45, 7) is 0.444. The molecule has 1 amide bonds. The summed E-state index contributed by atoms with van der Waals surface area (Å²) in [6, 6.07) is 14.6. The summed E-state index contributed by atoms with van der Waals surface area (Å²) in [6.07, 6.45) is 0.914. The first-order valence-corrected chi connectivity index (χ1v) is 8.86. The molecule has 2 aromatic rings. The quantitative estimate of drug-likeness (QED) is 0.515. The van der Waals surface area contributed by atoms with Gasteiger partial charge < -0.3 is 15.4 Å². The second kappa shape index (κ2) is 9.61. The molecule has 0 aliphatic heterocycles. The Labute approximate surface area is 159 Å².